The number of ether oxygens (including phenoxy) is 1. The Labute approximate surface area is 223 Å². The third-order valence-electron chi connectivity index (χ3n) is 6.34. The van der Waals surface area contributed by atoms with Crippen molar-refractivity contribution in [3.05, 3.63) is 99.8 Å². The Kier molecular flexibility index (Phi) is 10.1. The number of rotatable bonds is 11. The minimum Gasteiger partial charge on any atom is -0.484 e. The first-order valence-corrected chi connectivity index (χ1v) is 12.8. The van der Waals surface area contributed by atoms with Crippen LogP contribution in [0.5, 0.6) is 5.75 Å². The van der Waals surface area contributed by atoms with Crippen LogP contribution in [0.2, 0.25) is 5.02 Å². The Balaban J connectivity index is 1.94. The second-order valence-electron chi connectivity index (χ2n) is 9.30. The highest BCUT2D eigenvalue weighted by Gasteiger charge is 2.31. The highest BCUT2D eigenvalue weighted by molar-refractivity contribution is 6.32. The summed E-state index contributed by atoms with van der Waals surface area (Å²) < 4.78 is 20.5. The maximum Gasteiger partial charge on any atom is 0.261 e. The van der Waals surface area contributed by atoms with Crippen LogP contribution in [-0.2, 0) is 22.6 Å². The van der Waals surface area contributed by atoms with E-state index in [1.54, 1.807) is 30.3 Å². The third kappa shape index (κ3) is 7.80. The second kappa shape index (κ2) is 13.2. The van der Waals surface area contributed by atoms with E-state index < -0.39 is 17.8 Å². The molecule has 0 aliphatic rings. The lowest BCUT2D eigenvalue weighted by molar-refractivity contribution is -0.143. The van der Waals surface area contributed by atoms with Crippen LogP contribution in [0.4, 0.5) is 4.39 Å². The number of nitrogens with one attached hydrogen (secondary N) is 1. The van der Waals surface area contributed by atoms with Crippen molar-refractivity contribution in [2.75, 3.05) is 6.61 Å². The normalized spacial score (nSPS) is 12.5. The zero-order chi connectivity index (χ0) is 26.9. The average Bonchev–Trinajstić information content (AvgIpc) is 2.89. The van der Waals surface area contributed by atoms with E-state index in [0.29, 0.717) is 16.3 Å². The van der Waals surface area contributed by atoms with Crippen LogP contribution in [-0.4, -0.2) is 35.4 Å². The van der Waals surface area contributed by atoms with Crippen molar-refractivity contribution >= 4 is 23.4 Å². The van der Waals surface area contributed by atoms with Crippen LogP contribution in [0.25, 0.3) is 0 Å². The van der Waals surface area contributed by atoms with Gasteiger partial charge >= 0.3 is 0 Å². The van der Waals surface area contributed by atoms with Crippen LogP contribution in [0.3, 0.4) is 0 Å². The van der Waals surface area contributed by atoms with E-state index in [2.05, 4.69) is 5.32 Å². The molecule has 1 N–H and O–H groups in total. The molecule has 0 aromatic heterocycles. The quantitative estimate of drug-likeness (QED) is 0.333. The molecule has 0 radical (unpaired) electrons. The van der Waals surface area contributed by atoms with Gasteiger partial charge in [-0.15, -0.1) is 0 Å². The minimum atomic E-state index is -0.860. The van der Waals surface area contributed by atoms with Gasteiger partial charge in [0.15, 0.2) is 6.61 Å². The van der Waals surface area contributed by atoms with E-state index in [0.717, 1.165) is 23.1 Å². The van der Waals surface area contributed by atoms with Crippen LogP contribution in [0.15, 0.2) is 66.7 Å². The molecule has 3 aromatic rings. The standard InChI is InChI=1S/C30H34ClFN2O3/c1-5-22(4)33-30(36)27(17-23-11-7-6-8-12-23)34(18-24-13-9-10-14-26(24)32)28(35)19-37-25-15-20(2)29(31)21(3)16-25/h6-16,22,27H,5,17-19H2,1-4H3,(H,33,36)/t22-,27+/m1/s1. The summed E-state index contributed by atoms with van der Waals surface area (Å²) in [6.07, 6.45) is 1.02. The SMILES string of the molecule is CC[C@@H](C)NC(=O)[C@H](Cc1ccccc1)N(Cc1ccccc1F)C(=O)COc1cc(C)c(Cl)c(C)c1. The van der Waals surface area contributed by atoms with Crippen molar-refractivity contribution in [1.29, 1.82) is 0 Å². The zero-order valence-corrected chi connectivity index (χ0v) is 22.5. The van der Waals surface area contributed by atoms with Crippen LogP contribution in [0.1, 0.15) is 42.5 Å². The van der Waals surface area contributed by atoms with Gasteiger partial charge in [0.05, 0.1) is 0 Å². The van der Waals surface area contributed by atoms with Gasteiger partial charge in [0, 0.05) is 29.6 Å². The van der Waals surface area contributed by atoms with Gasteiger partial charge in [-0.25, -0.2) is 4.39 Å². The number of halogens is 2. The van der Waals surface area contributed by atoms with Crippen molar-refractivity contribution in [2.45, 2.75) is 59.2 Å². The molecule has 3 aromatic carbocycles. The topological polar surface area (TPSA) is 58.6 Å². The van der Waals surface area contributed by atoms with Gasteiger partial charge in [-0.3, -0.25) is 9.59 Å². The average molecular weight is 525 g/mol. The number of hydrogen-bond acceptors (Lipinski definition) is 3. The smallest absolute Gasteiger partial charge is 0.261 e. The Bertz CT molecular complexity index is 1200. The summed E-state index contributed by atoms with van der Waals surface area (Å²) in [5.74, 6) is -0.650. The van der Waals surface area contributed by atoms with Gasteiger partial charge in [-0.1, -0.05) is 67.1 Å². The van der Waals surface area contributed by atoms with Crippen molar-refractivity contribution in [1.82, 2.24) is 10.2 Å². The lowest BCUT2D eigenvalue weighted by Gasteiger charge is -2.32. The van der Waals surface area contributed by atoms with Crippen LogP contribution < -0.4 is 10.1 Å². The molecule has 0 spiro atoms. The number of hydrogen-bond donors (Lipinski definition) is 1. The molecule has 0 aliphatic heterocycles. The number of aryl methyl sites for hydroxylation is 2. The lowest BCUT2D eigenvalue weighted by Crippen LogP contribution is -2.53. The Morgan fingerprint density at radius 3 is 2.27 bits per heavy atom. The summed E-state index contributed by atoms with van der Waals surface area (Å²) >= 11 is 6.26. The molecule has 0 saturated carbocycles. The Hall–Kier alpha value is -3.38. The predicted molar refractivity (Wildman–Crippen MR) is 145 cm³/mol. The molecular formula is C30H34ClFN2O3. The Morgan fingerprint density at radius 1 is 1.03 bits per heavy atom. The molecule has 196 valence electrons. The van der Waals surface area contributed by atoms with Gasteiger partial charge in [0.25, 0.3) is 5.91 Å². The monoisotopic (exact) mass is 524 g/mol. The number of carbonyl (C=O) groups is 2. The van der Waals surface area contributed by atoms with Gasteiger partial charge in [0.2, 0.25) is 5.91 Å². The summed E-state index contributed by atoms with van der Waals surface area (Å²) in [7, 11) is 0. The molecule has 3 rings (SSSR count). The molecule has 37 heavy (non-hydrogen) atoms. The lowest BCUT2D eigenvalue weighted by atomic mass is 10.0. The van der Waals surface area contributed by atoms with Crippen molar-refractivity contribution < 1.29 is 18.7 Å². The molecule has 2 atom stereocenters. The van der Waals surface area contributed by atoms with Crippen molar-refractivity contribution in [3.8, 4) is 5.75 Å². The molecule has 5 nitrogen and oxygen atoms in total. The number of carbonyl (C=O) groups excluding carboxylic acids is 2. The summed E-state index contributed by atoms with van der Waals surface area (Å²) in [6.45, 7) is 7.24. The fourth-order valence-electron chi connectivity index (χ4n) is 4.02. The fraction of sp³-hybridized carbons (Fsp3) is 0.333. The summed E-state index contributed by atoms with van der Waals surface area (Å²) in [4.78, 5) is 28.5. The molecule has 0 saturated heterocycles. The van der Waals surface area contributed by atoms with Crippen LogP contribution >= 0.6 is 11.6 Å². The van der Waals surface area contributed by atoms with Gasteiger partial charge in [-0.2, -0.15) is 0 Å². The third-order valence-corrected chi connectivity index (χ3v) is 6.94. The van der Waals surface area contributed by atoms with Crippen molar-refractivity contribution in [3.63, 3.8) is 0 Å². The predicted octanol–water partition coefficient (Wildman–Crippen LogP) is 6.03. The highest BCUT2D eigenvalue weighted by Crippen LogP contribution is 2.26. The molecule has 7 heteroatoms. The first kappa shape index (κ1) is 28.2. The van der Waals surface area contributed by atoms with E-state index in [-0.39, 0.29) is 31.5 Å². The van der Waals surface area contributed by atoms with Gasteiger partial charge in [-0.05, 0) is 62.1 Å². The molecule has 0 bridgehead atoms. The zero-order valence-electron chi connectivity index (χ0n) is 21.8. The number of nitrogens with zero attached hydrogens (tertiary/aromatic N) is 1. The minimum absolute atomic E-state index is 0.0705. The summed E-state index contributed by atoms with van der Waals surface area (Å²) in [6, 6.07) is 18.3. The second-order valence-corrected chi connectivity index (χ2v) is 9.67. The first-order chi connectivity index (χ1) is 17.7. The maximum absolute atomic E-state index is 14.7. The summed E-state index contributed by atoms with van der Waals surface area (Å²) in [5, 5.41) is 3.64. The first-order valence-electron chi connectivity index (χ1n) is 12.5. The highest BCUT2D eigenvalue weighted by atomic mass is 35.5. The maximum atomic E-state index is 14.7. The molecule has 0 heterocycles. The molecule has 0 aliphatic carbocycles. The van der Waals surface area contributed by atoms with E-state index in [1.807, 2.05) is 58.0 Å². The van der Waals surface area contributed by atoms with Gasteiger partial charge < -0.3 is 15.0 Å². The Morgan fingerprint density at radius 2 is 1.65 bits per heavy atom. The van der Waals surface area contributed by atoms with Crippen LogP contribution in [0, 0.1) is 19.7 Å². The van der Waals surface area contributed by atoms with Gasteiger partial charge in [0.1, 0.15) is 17.6 Å². The summed E-state index contributed by atoms with van der Waals surface area (Å²) in [5.41, 5.74) is 2.89. The van der Waals surface area contributed by atoms with E-state index in [4.69, 9.17) is 16.3 Å². The molecule has 0 unspecified atom stereocenters. The van der Waals surface area contributed by atoms with E-state index in [1.165, 1.54) is 11.0 Å². The molecule has 2 amide bonds. The molecular weight excluding hydrogens is 491 g/mol. The number of amides is 2. The van der Waals surface area contributed by atoms with E-state index in [9.17, 15) is 14.0 Å². The molecule has 0 fully saturated rings. The number of benzene rings is 3. The van der Waals surface area contributed by atoms with Crippen molar-refractivity contribution in [2.24, 2.45) is 0 Å². The fourth-order valence-corrected chi connectivity index (χ4v) is 4.13. The van der Waals surface area contributed by atoms with E-state index >= 15 is 0 Å². The largest absolute Gasteiger partial charge is 0.484 e.